The van der Waals surface area contributed by atoms with E-state index < -0.39 is 0 Å². The first-order chi connectivity index (χ1) is 12.9. The van der Waals surface area contributed by atoms with Crippen molar-refractivity contribution in [3.8, 4) is 5.75 Å². The van der Waals surface area contributed by atoms with E-state index in [1.165, 1.54) is 16.8 Å². The molecule has 0 atom stereocenters. The molecule has 0 radical (unpaired) electrons. The van der Waals surface area contributed by atoms with Crippen LogP contribution in [0.15, 0.2) is 42.5 Å². The number of piperazine rings is 1. The predicted molar refractivity (Wildman–Crippen MR) is 111 cm³/mol. The van der Waals surface area contributed by atoms with Crippen molar-refractivity contribution in [1.82, 2.24) is 4.90 Å². The molecule has 1 aliphatic rings. The lowest BCUT2D eigenvalue weighted by molar-refractivity contribution is 0.208. The number of rotatable bonds is 4. The molecule has 1 heterocycles. The van der Waals surface area contributed by atoms with Crippen LogP contribution in [0.3, 0.4) is 0 Å². The van der Waals surface area contributed by atoms with E-state index in [0.717, 1.165) is 24.5 Å². The van der Waals surface area contributed by atoms with Crippen molar-refractivity contribution >= 4 is 17.4 Å². The van der Waals surface area contributed by atoms with Crippen LogP contribution in [-0.2, 0) is 0 Å². The number of urea groups is 1. The zero-order valence-electron chi connectivity index (χ0n) is 16.7. The molecular formula is C22H29N3O2. The number of ether oxygens (including phenoxy) is 1. The van der Waals surface area contributed by atoms with Gasteiger partial charge in [-0.15, -0.1) is 0 Å². The quantitative estimate of drug-likeness (QED) is 0.869. The summed E-state index contributed by atoms with van der Waals surface area (Å²) < 4.78 is 5.63. The van der Waals surface area contributed by atoms with Crippen LogP contribution < -0.4 is 15.0 Å². The lowest BCUT2D eigenvalue weighted by atomic mass is 10.1. The molecule has 2 aromatic carbocycles. The third-order valence-electron chi connectivity index (χ3n) is 4.80. The summed E-state index contributed by atoms with van der Waals surface area (Å²) in [6.45, 7) is 11.4. The van der Waals surface area contributed by atoms with Crippen molar-refractivity contribution in [2.24, 2.45) is 0 Å². The van der Waals surface area contributed by atoms with Crippen LogP contribution in [0.4, 0.5) is 16.2 Å². The Labute approximate surface area is 161 Å². The van der Waals surface area contributed by atoms with Crippen LogP contribution in [0, 0.1) is 13.8 Å². The number of benzene rings is 2. The highest BCUT2D eigenvalue weighted by molar-refractivity contribution is 5.89. The van der Waals surface area contributed by atoms with Gasteiger partial charge in [-0.25, -0.2) is 4.79 Å². The largest absolute Gasteiger partial charge is 0.491 e. The van der Waals surface area contributed by atoms with Gasteiger partial charge in [-0.1, -0.05) is 18.2 Å². The molecule has 0 bridgehead atoms. The minimum Gasteiger partial charge on any atom is -0.491 e. The van der Waals surface area contributed by atoms with Gasteiger partial charge in [0.05, 0.1) is 6.10 Å². The summed E-state index contributed by atoms with van der Waals surface area (Å²) in [6, 6.07) is 13.9. The van der Waals surface area contributed by atoms with Crippen molar-refractivity contribution < 1.29 is 9.53 Å². The molecule has 27 heavy (non-hydrogen) atoms. The number of carbonyl (C=O) groups is 1. The highest BCUT2D eigenvalue weighted by Gasteiger charge is 2.23. The molecule has 1 saturated heterocycles. The maximum atomic E-state index is 12.6. The Bertz CT molecular complexity index is 758. The smallest absolute Gasteiger partial charge is 0.321 e. The molecule has 5 heteroatoms. The number of hydrogen-bond acceptors (Lipinski definition) is 3. The number of amides is 2. The van der Waals surface area contributed by atoms with E-state index in [1.54, 1.807) is 0 Å². The van der Waals surface area contributed by atoms with Gasteiger partial charge in [0.25, 0.3) is 0 Å². The average molecular weight is 367 g/mol. The molecule has 144 valence electrons. The fourth-order valence-electron chi connectivity index (χ4n) is 3.53. The maximum absolute atomic E-state index is 12.6. The Morgan fingerprint density at radius 1 is 0.963 bits per heavy atom. The monoisotopic (exact) mass is 367 g/mol. The maximum Gasteiger partial charge on any atom is 0.321 e. The second-order valence-corrected chi connectivity index (χ2v) is 7.34. The summed E-state index contributed by atoms with van der Waals surface area (Å²) >= 11 is 0. The van der Waals surface area contributed by atoms with E-state index in [0.29, 0.717) is 13.1 Å². The van der Waals surface area contributed by atoms with Crippen molar-refractivity contribution in [3.05, 3.63) is 53.6 Å². The van der Waals surface area contributed by atoms with Crippen molar-refractivity contribution in [2.75, 3.05) is 36.4 Å². The van der Waals surface area contributed by atoms with Crippen LogP contribution >= 0.6 is 0 Å². The lowest BCUT2D eigenvalue weighted by Crippen LogP contribution is -2.50. The molecule has 0 aliphatic carbocycles. The van der Waals surface area contributed by atoms with Crippen molar-refractivity contribution in [2.45, 2.75) is 33.8 Å². The van der Waals surface area contributed by atoms with Gasteiger partial charge in [0.1, 0.15) is 5.75 Å². The van der Waals surface area contributed by atoms with E-state index in [1.807, 2.05) is 43.0 Å². The highest BCUT2D eigenvalue weighted by atomic mass is 16.5. The third kappa shape index (κ3) is 4.73. The average Bonchev–Trinajstić information content (AvgIpc) is 2.63. The minimum absolute atomic E-state index is 0.0475. The third-order valence-corrected chi connectivity index (χ3v) is 4.80. The molecule has 0 unspecified atom stereocenters. The predicted octanol–water partition coefficient (Wildman–Crippen LogP) is 4.44. The Kier molecular flexibility index (Phi) is 5.89. The first kappa shape index (κ1) is 19.1. The number of anilines is 2. The molecule has 0 spiro atoms. The number of carbonyl (C=O) groups excluding carboxylic acids is 1. The Morgan fingerprint density at radius 2 is 1.56 bits per heavy atom. The molecule has 1 fully saturated rings. The summed E-state index contributed by atoms with van der Waals surface area (Å²) in [7, 11) is 0. The second kappa shape index (κ2) is 8.33. The first-order valence-electron chi connectivity index (χ1n) is 9.58. The summed E-state index contributed by atoms with van der Waals surface area (Å²) in [4.78, 5) is 16.8. The summed E-state index contributed by atoms with van der Waals surface area (Å²) in [6.07, 6.45) is 0.138. The van der Waals surface area contributed by atoms with Crippen LogP contribution in [-0.4, -0.2) is 43.2 Å². The van der Waals surface area contributed by atoms with Crippen LogP contribution in [0.2, 0.25) is 0 Å². The number of aryl methyl sites for hydroxylation is 2. The van der Waals surface area contributed by atoms with Gasteiger partial charge in [0.15, 0.2) is 0 Å². The van der Waals surface area contributed by atoms with Gasteiger partial charge in [-0.2, -0.15) is 0 Å². The van der Waals surface area contributed by atoms with Gasteiger partial charge in [-0.05, 0) is 63.1 Å². The molecule has 2 aromatic rings. The van der Waals surface area contributed by atoms with Gasteiger partial charge >= 0.3 is 6.03 Å². The Balaban J connectivity index is 1.55. The fourth-order valence-corrected chi connectivity index (χ4v) is 3.53. The molecule has 1 N–H and O–H groups in total. The normalized spacial score (nSPS) is 14.4. The zero-order valence-corrected chi connectivity index (χ0v) is 16.7. The Morgan fingerprint density at radius 3 is 2.11 bits per heavy atom. The van der Waals surface area contributed by atoms with E-state index in [4.69, 9.17) is 4.74 Å². The Hall–Kier alpha value is -2.69. The van der Waals surface area contributed by atoms with Gasteiger partial charge in [0.2, 0.25) is 0 Å². The minimum atomic E-state index is -0.0475. The van der Waals surface area contributed by atoms with Crippen molar-refractivity contribution in [1.29, 1.82) is 0 Å². The van der Waals surface area contributed by atoms with Crippen molar-refractivity contribution in [3.63, 3.8) is 0 Å². The zero-order chi connectivity index (χ0) is 19.4. The molecule has 1 aliphatic heterocycles. The van der Waals surface area contributed by atoms with E-state index >= 15 is 0 Å². The molecule has 3 rings (SSSR count). The molecule has 0 saturated carbocycles. The van der Waals surface area contributed by atoms with Crippen LogP contribution in [0.25, 0.3) is 0 Å². The number of nitrogens with zero attached hydrogens (tertiary/aromatic N) is 2. The summed E-state index contributed by atoms with van der Waals surface area (Å²) in [5.41, 5.74) is 4.67. The van der Waals surface area contributed by atoms with Crippen LogP contribution in [0.1, 0.15) is 25.0 Å². The highest BCUT2D eigenvalue weighted by Crippen LogP contribution is 2.25. The first-order valence-corrected chi connectivity index (χ1v) is 9.58. The SMILES string of the molecule is Cc1cccc(C)c1N1CCN(C(=O)Nc2ccc(OC(C)C)cc2)CC1. The number of hydrogen-bond donors (Lipinski definition) is 1. The van der Waals surface area contributed by atoms with E-state index in [9.17, 15) is 4.79 Å². The molecule has 0 aromatic heterocycles. The number of para-hydroxylation sites is 1. The van der Waals surface area contributed by atoms with E-state index in [2.05, 4.69) is 42.3 Å². The molecule has 5 nitrogen and oxygen atoms in total. The topological polar surface area (TPSA) is 44.8 Å². The summed E-state index contributed by atoms with van der Waals surface area (Å²) in [5, 5.41) is 2.98. The van der Waals surface area contributed by atoms with E-state index in [-0.39, 0.29) is 12.1 Å². The molecular weight excluding hydrogens is 338 g/mol. The fraction of sp³-hybridized carbons (Fsp3) is 0.409. The molecule has 2 amide bonds. The standard InChI is InChI=1S/C22H29N3O2/c1-16(2)27-20-10-8-19(9-11-20)23-22(26)25-14-12-24(13-15-25)21-17(3)6-5-7-18(21)4/h5-11,16H,12-15H2,1-4H3,(H,23,26). The van der Waals surface area contributed by atoms with Gasteiger partial charge in [0, 0.05) is 37.6 Å². The lowest BCUT2D eigenvalue weighted by Gasteiger charge is -2.37. The van der Waals surface area contributed by atoms with Gasteiger partial charge < -0.3 is 19.9 Å². The van der Waals surface area contributed by atoms with Gasteiger partial charge in [-0.3, -0.25) is 0 Å². The van der Waals surface area contributed by atoms with Crippen LogP contribution in [0.5, 0.6) is 5.75 Å². The second-order valence-electron chi connectivity index (χ2n) is 7.34. The number of nitrogens with one attached hydrogen (secondary N) is 1. The summed E-state index contributed by atoms with van der Waals surface area (Å²) in [5.74, 6) is 0.810.